The molecule has 0 aliphatic heterocycles. The summed E-state index contributed by atoms with van der Waals surface area (Å²) in [6, 6.07) is 6.14. The Morgan fingerprint density at radius 1 is 1.50 bits per heavy atom. The molecule has 2 aromatic rings. The van der Waals surface area contributed by atoms with E-state index < -0.39 is 10.8 Å². The average molecular weight is 376 g/mol. The van der Waals surface area contributed by atoms with E-state index in [9.17, 15) is 14.9 Å². The number of carbonyl (C=O) groups is 1. The molecule has 0 saturated carbocycles. The number of hydrogen-bond acceptors (Lipinski definition) is 4. The summed E-state index contributed by atoms with van der Waals surface area (Å²) >= 11 is 10.6. The minimum absolute atomic E-state index is 0.0434. The van der Waals surface area contributed by atoms with Crippen molar-refractivity contribution in [2.45, 2.75) is 6.54 Å². The van der Waals surface area contributed by atoms with Crippen LogP contribution in [0, 0.1) is 10.1 Å². The summed E-state index contributed by atoms with van der Waals surface area (Å²) in [4.78, 5) is 23.3. The van der Waals surface area contributed by atoms with Crippen molar-refractivity contribution in [2.75, 3.05) is 0 Å². The number of amides is 1. The van der Waals surface area contributed by atoms with Crippen LogP contribution in [0.4, 0.5) is 5.69 Å². The van der Waals surface area contributed by atoms with Crippen LogP contribution in [0.25, 0.3) is 0 Å². The molecule has 1 heterocycles. The van der Waals surface area contributed by atoms with Crippen molar-refractivity contribution in [3.05, 3.63) is 59.7 Å². The summed E-state index contributed by atoms with van der Waals surface area (Å²) in [7, 11) is 0. The average Bonchev–Trinajstić information content (AvgIpc) is 2.81. The SMILES string of the molecule is O=C(NCc1cc(Br)cs1)c1cccc(Cl)c1[N+](=O)[O-]. The standard InChI is InChI=1S/C12H8BrClN2O3S/c13-7-4-8(20-6-7)5-15-12(17)9-2-1-3-10(14)11(9)16(18)19/h1-4,6H,5H2,(H,15,17). The first kappa shape index (κ1) is 15.0. The molecule has 0 radical (unpaired) electrons. The molecule has 1 aromatic heterocycles. The predicted molar refractivity (Wildman–Crippen MR) is 81.3 cm³/mol. The molecule has 0 saturated heterocycles. The molecule has 0 unspecified atom stereocenters. The van der Waals surface area contributed by atoms with Crippen molar-refractivity contribution in [2.24, 2.45) is 0 Å². The van der Waals surface area contributed by atoms with E-state index in [4.69, 9.17) is 11.6 Å². The predicted octanol–water partition coefficient (Wildman–Crippen LogP) is 4.00. The van der Waals surface area contributed by atoms with Gasteiger partial charge in [0, 0.05) is 14.7 Å². The molecule has 0 spiro atoms. The van der Waals surface area contributed by atoms with Crippen molar-refractivity contribution in [1.29, 1.82) is 0 Å². The Balaban J connectivity index is 2.17. The fraction of sp³-hybridized carbons (Fsp3) is 0.0833. The van der Waals surface area contributed by atoms with Gasteiger partial charge < -0.3 is 5.32 Å². The van der Waals surface area contributed by atoms with Crippen LogP contribution in [0.5, 0.6) is 0 Å². The minimum Gasteiger partial charge on any atom is -0.347 e. The van der Waals surface area contributed by atoms with Gasteiger partial charge in [0.25, 0.3) is 5.91 Å². The first-order valence-electron chi connectivity index (χ1n) is 5.43. The Kier molecular flexibility index (Phi) is 4.74. The van der Waals surface area contributed by atoms with E-state index >= 15 is 0 Å². The molecule has 0 aliphatic carbocycles. The smallest absolute Gasteiger partial charge is 0.300 e. The van der Waals surface area contributed by atoms with E-state index in [1.54, 1.807) is 0 Å². The lowest BCUT2D eigenvalue weighted by atomic mass is 10.1. The molecule has 0 atom stereocenters. The number of thiophene rings is 1. The Morgan fingerprint density at radius 3 is 2.85 bits per heavy atom. The molecule has 1 aromatic carbocycles. The van der Waals surface area contributed by atoms with Gasteiger partial charge in [-0.15, -0.1) is 11.3 Å². The van der Waals surface area contributed by atoms with Crippen molar-refractivity contribution in [1.82, 2.24) is 5.32 Å². The van der Waals surface area contributed by atoms with Crippen LogP contribution in [0.3, 0.4) is 0 Å². The lowest BCUT2D eigenvalue weighted by Crippen LogP contribution is -2.23. The Labute approximate surface area is 131 Å². The monoisotopic (exact) mass is 374 g/mol. The molecule has 104 valence electrons. The fourth-order valence-electron chi connectivity index (χ4n) is 1.59. The number of halogens is 2. The topological polar surface area (TPSA) is 72.2 Å². The van der Waals surface area contributed by atoms with Gasteiger partial charge >= 0.3 is 5.69 Å². The summed E-state index contributed by atoms with van der Waals surface area (Å²) in [5, 5.41) is 15.4. The maximum absolute atomic E-state index is 12.0. The molecule has 20 heavy (non-hydrogen) atoms. The van der Waals surface area contributed by atoms with Gasteiger partial charge in [-0.2, -0.15) is 0 Å². The lowest BCUT2D eigenvalue weighted by molar-refractivity contribution is -0.385. The van der Waals surface area contributed by atoms with Crippen LogP contribution < -0.4 is 5.32 Å². The van der Waals surface area contributed by atoms with Crippen LogP contribution in [-0.2, 0) is 6.54 Å². The van der Waals surface area contributed by atoms with E-state index in [2.05, 4.69) is 21.2 Å². The highest BCUT2D eigenvalue weighted by molar-refractivity contribution is 9.10. The van der Waals surface area contributed by atoms with Crippen LogP contribution in [-0.4, -0.2) is 10.8 Å². The minimum atomic E-state index is -0.654. The Hall–Kier alpha value is -1.44. The van der Waals surface area contributed by atoms with Gasteiger partial charge in [0.1, 0.15) is 10.6 Å². The highest BCUT2D eigenvalue weighted by atomic mass is 79.9. The van der Waals surface area contributed by atoms with Crippen molar-refractivity contribution >= 4 is 50.5 Å². The number of rotatable bonds is 4. The quantitative estimate of drug-likeness (QED) is 0.648. The number of benzene rings is 1. The maximum Gasteiger partial charge on any atom is 0.300 e. The Bertz CT molecular complexity index is 674. The number of para-hydroxylation sites is 1. The van der Waals surface area contributed by atoms with Crippen LogP contribution in [0.1, 0.15) is 15.2 Å². The van der Waals surface area contributed by atoms with Gasteiger partial charge in [-0.25, -0.2) is 0 Å². The number of nitro benzene ring substituents is 1. The van der Waals surface area contributed by atoms with E-state index in [0.717, 1.165) is 9.35 Å². The maximum atomic E-state index is 12.0. The van der Waals surface area contributed by atoms with Crippen molar-refractivity contribution < 1.29 is 9.72 Å². The first-order valence-corrected chi connectivity index (χ1v) is 7.48. The molecule has 8 heteroatoms. The third-order valence-electron chi connectivity index (χ3n) is 2.46. The van der Waals surface area contributed by atoms with E-state index in [0.29, 0.717) is 6.54 Å². The van der Waals surface area contributed by atoms with E-state index in [1.165, 1.54) is 29.5 Å². The van der Waals surface area contributed by atoms with Gasteiger partial charge in [0.05, 0.1) is 11.5 Å². The molecule has 0 aliphatic rings. The third kappa shape index (κ3) is 3.36. The van der Waals surface area contributed by atoms with Crippen LogP contribution in [0.15, 0.2) is 34.1 Å². The zero-order chi connectivity index (χ0) is 14.7. The largest absolute Gasteiger partial charge is 0.347 e. The molecule has 1 amide bonds. The summed E-state index contributed by atoms with van der Waals surface area (Å²) < 4.78 is 0.931. The van der Waals surface area contributed by atoms with Crippen LogP contribution >= 0.6 is 38.9 Å². The first-order chi connectivity index (χ1) is 9.49. The zero-order valence-electron chi connectivity index (χ0n) is 9.93. The molecule has 0 fully saturated rings. The van der Waals surface area contributed by atoms with Gasteiger partial charge in [-0.05, 0) is 34.1 Å². The molecule has 2 rings (SSSR count). The summed E-state index contributed by atoms with van der Waals surface area (Å²) in [5.41, 5.74) is -0.419. The lowest BCUT2D eigenvalue weighted by Gasteiger charge is -2.05. The number of nitrogens with one attached hydrogen (secondary N) is 1. The van der Waals surface area contributed by atoms with E-state index in [-0.39, 0.29) is 16.3 Å². The molecule has 0 bridgehead atoms. The highest BCUT2D eigenvalue weighted by Crippen LogP contribution is 2.28. The second-order valence-electron chi connectivity index (χ2n) is 3.81. The summed E-state index contributed by atoms with van der Waals surface area (Å²) in [6.07, 6.45) is 0. The third-order valence-corrected chi connectivity index (χ3v) is 4.46. The van der Waals surface area contributed by atoms with Crippen molar-refractivity contribution in [3.8, 4) is 0 Å². The van der Waals surface area contributed by atoms with Crippen molar-refractivity contribution in [3.63, 3.8) is 0 Å². The van der Waals surface area contributed by atoms with Gasteiger partial charge in [-0.3, -0.25) is 14.9 Å². The van der Waals surface area contributed by atoms with E-state index in [1.807, 2.05) is 11.4 Å². The molecular formula is C12H8BrClN2O3S. The Morgan fingerprint density at radius 2 is 2.25 bits per heavy atom. The second kappa shape index (κ2) is 6.34. The number of hydrogen-bond donors (Lipinski definition) is 1. The van der Waals surface area contributed by atoms with Gasteiger partial charge in [0.2, 0.25) is 0 Å². The highest BCUT2D eigenvalue weighted by Gasteiger charge is 2.23. The number of nitrogens with zero attached hydrogens (tertiary/aromatic N) is 1. The zero-order valence-corrected chi connectivity index (χ0v) is 13.1. The normalized spacial score (nSPS) is 10.3. The second-order valence-corrected chi connectivity index (χ2v) is 6.13. The number of nitro groups is 1. The molecule has 1 N–H and O–H groups in total. The summed E-state index contributed by atoms with van der Waals surface area (Å²) in [5.74, 6) is -0.524. The van der Waals surface area contributed by atoms with Gasteiger partial charge in [-0.1, -0.05) is 17.7 Å². The van der Waals surface area contributed by atoms with Crippen LogP contribution in [0.2, 0.25) is 5.02 Å². The molecule has 5 nitrogen and oxygen atoms in total. The number of carbonyl (C=O) groups excluding carboxylic acids is 1. The molecular weight excluding hydrogens is 368 g/mol. The summed E-state index contributed by atoms with van der Waals surface area (Å²) in [6.45, 7) is 0.304. The van der Waals surface area contributed by atoms with Gasteiger partial charge in [0.15, 0.2) is 0 Å². The fourth-order valence-corrected chi connectivity index (χ4v) is 3.23.